The quantitative estimate of drug-likeness (QED) is 0.947. The zero-order valence-corrected chi connectivity index (χ0v) is 13.9. The molecule has 1 N–H and O–H groups in total. The van der Waals surface area contributed by atoms with E-state index in [0.717, 1.165) is 24.1 Å². The first-order valence-corrected chi connectivity index (χ1v) is 8.01. The van der Waals surface area contributed by atoms with Crippen LogP contribution in [0.3, 0.4) is 0 Å². The maximum atomic E-state index is 12.7. The first-order valence-electron chi connectivity index (χ1n) is 8.01. The van der Waals surface area contributed by atoms with E-state index in [2.05, 4.69) is 5.10 Å². The average Bonchev–Trinajstić information content (AvgIpc) is 3.15. The molecule has 1 fully saturated rings. The van der Waals surface area contributed by atoms with Gasteiger partial charge in [-0.1, -0.05) is 0 Å². The number of aliphatic hydroxyl groups is 1. The van der Waals surface area contributed by atoms with Crippen LogP contribution in [0.1, 0.15) is 42.6 Å². The van der Waals surface area contributed by atoms with Gasteiger partial charge in [0, 0.05) is 18.3 Å². The molecule has 5 nitrogen and oxygen atoms in total. The van der Waals surface area contributed by atoms with Gasteiger partial charge in [0.15, 0.2) is 0 Å². The molecule has 1 amide bonds. The first kappa shape index (κ1) is 15.7. The third-order valence-corrected chi connectivity index (χ3v) is 4.42. The zero-order chi connectivity index (χ0) is 16.6. The molecule has 1 aromatic carbocycles. The molecular formula is C18H23N3O2. The molecule has 1 aliphatic rings. The Morgan fingerprint density at radius 3 is 2.57 bits per heavy atom. The molecule has 3 rings (SSSR count). The second-order valence-corrected chi connectivity index (χ2v) is 6.82. The minimum atomic E-state index is -0.876. The summed E-state index contributed by atoms with van der Waals surface area (Å²) in [6, 6.07) is 7.33. The average molecular weight is 313 g/mol. The molecule has 23 heavy (non-hydrogen) atoms. The third-order valence-electron chi connectivity index (χ3n) is 4.42. The Bertz CT molecular complexity index is 698. The van der Waals surface area contributed by atoms with Crippen LogP contribution < -0.4 is 0 Å². The Labute approximate surface area is 136 Å². The molecular weight excluding hydrogens is 290 g/mol. The fourth-order valence-electron chi connectivity index (χ4n) is 3.22. The molecule has 0 spiro atoms. The summed E-state index contributed by atoms with van der Waals surface area (Å²) in [6.07, 6.45) is 5.53. The lowest BCUT2D eigenvalue weighted by atomic mass is 9.96. The number of carbonyl (C=O) groups is 1. The van der Waals surface area contributed by atoms with E-state index in [1.807, 2.05) is 37.4 Å². The Morgan fingerprint density at radius 2 is 2.00 bits per heavy atom. The van der Waals surface area contributed by atoms with Gasteiger partial charge in [-0.2, -0.15) is 5.10 Å². The highest BCUT2D eigenvalue weighted by Crippen LogP contribution is 2.28. The molecule has 2 aromatic rings. The molecule has 5 heteroatoms. The van der Waals surface area contributed by atoms with Crippen LogP contribution >= 0.6 is 0 Å². The molecule has 0 saturated carbocycles. The highest BCUT2D eigenvalue weighted by atomic mass is 16.3. The van der Waals surface area contributed by atoms with Crippen LogP contribution in [-0.2, 0) is 0 Å². The van der Waals surface area contributed by atoms with E-state index in [0.29, 0.717) is 12.1 Å². The first-order chi connectivity index (χ1) is 10.9. The number of aromatic nitrogens is 2. The molecule has 0 aliphatic carbocycles. The van der Waals surface area contributed by atoms with Gasteiger partial charge in [0.1, 0.15) is 0 Å². The smallest absolute Gasteiger partial charge is 0.254 e. The van der Waals surface area contributed by atoms with E-state index >= 15 is 0 Å². The molecule has 0 radical (unpaired) electrons. The number of aryl methyl sites for hydroxylation is 1. The van der Waals surface area contributed by atoms with Crippen molar-refractivity contribution in [2.45, 2.75) is 45.3 Å². The van der Waals surface area contributed by atoms with E-state index < -0.39 is 5.60 Å². The molecule has 1 unspecified atom stereocenters. The van der Waals surface area contributed by atoms with Gasteiger partial charge in [-0.15, -0.1) is 0 Å². The lowest BCUT2D eigenvalue weighted by molar-refractivity contribution is 0.000336. The lowest BCUT2D eigenvalue weighted by Crippen LogP contribution is -2.48. The topological polar surface area (TPSA) is 58.4 Å². The highest BCUT2D eigenvalue weighted by Gasteiger charge is 2.38. The fraction of sp³-hybridized carbons (Fsp3) is 0.444. The van der Waals surface area contributed by atoms with E-state index in [1.54, 1.807) is 29.6 Å². The van der Waals surface area contributed by atoms with E-state index in [4.69, 9.17) is 0 Å². The van der Waals surface area contributed by atoms with Gasteiger partial charge in [0.25, 0.3) is 5.91 Å². The minimum absolute atomic E-state index is 0.0159. The molecule has 1 saturated heterocycles. The Kier molecular flexibility index (Phi) is 3.98. The van der Waals surface area contributed by atoms with Crippen molar-refractivity contribution >= 4 is 5.91 Å². The number of hydrogen-bond acceptors (Lipinski definition) is 3. The van der Waals surface area contributed by atoms with Crippen LogP contribution in [0, 0.1) is 6.92 Å². The fourth-order valence-corrected chi connectivity index (χ4v) is 3.22. The summed E-state index contributed by atoms with van der Waals surface area (Å²) in [5.74, 6) is -0.0159. The highest BCUT2D eigenvalue weighted by molar-refractivity contribution is 5.94. The number of nitrogens with zero attached hydrogens (tertiary/aromatic N) is 3. The summed E-state index contributed by atoms with van der Waals surface area (Å²) in [5.41, 5.74) is 1.79. The normalized spacial score (nSPS) is 18.4. The van der Waals surface area contributed by atoms with Crippen molar-refractivity contribution in [2.75, 3.05) is 6.54 Å². The Balaban J connectivity index is 1.80. The van der Waals surface area contributed by atoms with Gasteiger partial charge in [-0.05, 0) is 63.4 Å². The van der Waals surface area contributed by atoms with Crippen molar-refractivity contribution in [2.24, 2.45) is 0 Å². The predicted molar refractivity (Wildman–Crippen MR) is 88.7 cm³/mol. The molecule has 2 heterocycles. The number of hydrogen-bond donors (Lipinski definition) is 1. The van der Waals surface area contributed by atoms with Crippen LogP contribution in [0.5, 0.6) is 0 Å². The second kappa shape index (κ2) is 5.81. The standard InChI is InChI=1S/C18H23N3O2/c1-13-11-19-21(12-13)15-8-6-14(7-9-15)17(22)20-10-4-5-16(20)18(2,3)23/h6-9,11-12,16,23H,4-5,10H2,1-3H3. The summed E-state index contributed by atoms with van der Waals surface area (Å²) in [6.45, 7) is 6.23. The van der Waals surface area contributed by atoms with E-state index in [-0.39, 0.29) is 11.9 Å². The SMILES string of the molecule is Cc1cnn(-c2ccc(C(=O)N3CCCC3C(C)(C)O)cc2)c1. The summed E-state index contributed by atoms with van der Waals surface area (Å²) in [4.78, 5) is 14.5. The number of carbonyl (C=O) groups excluding carboxylic acids is 1. The van der Waals surface area contributed by atoms with Gasteiger partial charge in [-0.25, -0.2) is 4.68 Å². The second-order valence-electron chi connectivity index (χ2n) is 6.82. The largest absolute Gasteiger partial charge is 0.388 e. The molecule has 122 valence electrons. The van der Waals surface area contributed by atoms with Crippen molar-refractivity contribution in [3.8, 4) is 5.69 Å². The zero-order valence-electron chi connectivity index (χ0n) is 13.9. The number of benzene rings is 1. The van der Waals surface area contributed by atoms with Crippen LogP contribution in [-0.4, -0.2) is 43.9 Å². The lowest BCUT2D eigenvalue weighted by Gasteiger charge is -2.33. The predicted octanol–water partition coefficient (Wildman–Crippen LogP) is 2.56. The van der Waals surface area contributed by atoms with Gasteiger partial charge < -0.3 is 10.0 Å². The van der Waals surface area contributed by atoms with Crippen LogP contribution in [0.2, 0.25) is 0 Å². The van der Waals surface area contributed by atoms with Gasteiger partial charge in [0.2, 0.25) is 0 Å². The summed E-state index contributed by atoms with van der Waals surface area (Å²) < 4.78 is 1.79. The van der Waals surface area contributed by atoms with Crippen molar-refractivity contribution in [3.05, 3.63) is 47.8 Å². The number of amides is 1. The van der Waals surface area contributed by atoms with Gasteiger partial charge >= 0.3 is 0 Å². The molecule has 0 bridgehead atoms. The van der Waals surface area contributed by atoms with Gasteiger partial charge in [-0.3, -0.25) is 4.79 Å². The molecule has 1 aromatic heterocycles. The van der Waals surface area contributed by atoms with Gasteiger partial charge in [0.05, 0.1) is 23.5 Å². The van der Waals surface area contributed by atoms with Crippen molar-refractivity contribution in [1.82, 2.24) is 14.7 Å². The molecule has 1 aliphatic heterocycles. The molecule has 1 atom stereocenters. The van der Waals surface area contributed by atoms with Crippen LogP contribution in [0.25, 0.3) is 5.69 Å². The van der Waals surface area contributed by atoms with Crippen molar-refractivity contribution in [3.63, 3.8) is 0 Å². The maximum Gasteiger partial charge on any atom is 0.254 e. The summed E-state index contributed by atoms with van der Waals surface area (Å²) in [5, 5.41) is 14.5. The van der Waals surface area contributed by atoms with Crippen molar-refractivity contribution in [1.29, 1.82) is 0 Å². The Hall–Kier alpha value is -2.14. The van der Waals surface area contributed by atoms with E-state index in [1.165, 1.54) is 0 Å². The summed E-state index contributed by atoms with van der Waals surface area (Å²) >= 11 is 0. The maximum absolute atomic E-state index is 12.7. The monoisotopic (exact) mass is 313 g/mol. The minimum Gasteiger partial charge on any atom is -0.388 e. The third kappa shape index (κ3) is 3.15. The number of rotatable bonds is 3. The Morgan fingerprint density at radius 1 is 1.30 bits per heavy atom. The van der Waals surface area contributed by atoms with Crippen molar-refractivity contribution < 1.29 is 9.90 Å². The number of likely N-dealkylation sites (tertiary alicyclic amines) is 1. The van der Waals surface area contributed by atoms with Crippen LogP contribution in [0.15, 0.2) is 36.7 Å². The van der Waals surface area contributed by atoms with E-state index in [9.17, 15) is 9.90 Å². The summed E-state index contributed by atoms with van der Waals surface area (Å²) in [7, 11) is 0. The van der Waals surface area contributed by atoms with Crippen LogP contribution in [0.4, 0.5) is 0 Å².